The van der Waals surface area contributed by atoms with E-state index in [9.17, 15) is 4.79 Å². The molecule has 1 aromatic heterocycles. The summed E-state index contributed by atoms with van der Waals surface area (Å²) in [6.07, 6.45) is 1.88. The van der Waals surface area contributed by atoms with E-state index in [2.05, 4.69) is 51.1 Å². The van der Waals surface area contributed by atoms with Crippen molar-refractivity contribution in [3.63, 3.8) is 0 Å². The second-order valence-electron chi connectivity index (χ2n) is 6.53. The van der Waals surface area contributed by atoms with Crippen LogP contribution in [0.25, 0.3) is 0 Å². The number of nitrogens with zero attached hydrogens (tertiary/aromatic N) is 2. The average molecular weight is 298 g/mol. The molecule has 0 fully saturated rings. The number of aromatic nitrogens is 2. The third-order valence-electron chi connectivity index (χ3n) is 3.89. The van der Waals surface area contributed by atoms with Gasteiger partial charge in [-0.3, -0.25) is 4.79 Å². The molecule has 4 nitrogen and oxygen atoms in total. The lowest BCUT2D eigenvalue weighted by atomic mass is 9.81. The molecule has 0 unspecified atom stereocenters. The van der Waals surface area contributed by atoms with Crippen molar-refractivity contribution in [2.75, 3.05) is 5.75 Å². The van der Waals surface area contributed by atoms with Gasteiger partial charge in [0, 0.05) is 18.4 Å². The standard InChI is InChI=1S/C15H26N2O2S/c1-10(2)12-7-16-14(20-8-13(18)19)17(12)9-15(5,6)11(3)4/h7,10-11H,8-9H2,1-6H3,(H,18,19). The van der Waals surface area contributed by atoms with Crippen LogP contribution in [0.4, 0.5) is 0 Å². The Balaban J connectivity index is 3.06. The quantitative estimate of drug-likeness (QED) is 0.776. The topological polar surface area (TPSA) is 55.1 Å². The number of carbonyl (C=O) groups is 1. The highest BCUT2D eigenvalue weighted by molar-refractivity contribution is 7.99. The molecule has 0 bridgehead atoms. The van der Waals surface area contributed by atoms with E-state index in [1.165, 1.54) is 17.5 Å². The molecule has 1 N–H and O–H groups in total. The second kappa shape index (κ2) is 6.66. The summed E-state index contributed by atoms with van der Waals surface area (Å²) in [7, 11) is 0. The minimum atomic E-state index is -0.807. The van der Waals surface area contributed by atoms with Gasteiger partial charge >= 0.3 is 5.97 Å². The maximum atomic E-state index is 10.8. The van der Waals surface area contributed by atoms with Gasteiger partial charge in [0.2, 0.25) is 0 Å². The molecule has 0 amide bonds. The predicted molar refractivity (Wildman–Crippen MR) is 83.3 cm³/mol. The summed E-state index contributed by atoms with van der Waals surface area (Å²) in [5.74, 6) is 0.169. The number of carboxylic acids is 1. The lowest BCUT2D eigenvalue weighted by molar-refractivity contribution is -0.133. The summed E-state index contributed by atoms with van der Waals surface area (Å²) in [6, 6.07) is 0. The van der Waals surface area contributed by atoms with Crippen LogP contribution in [0.15, 0.2) is 11.4 Å². The molecular weight excluding hydrogens is 272 g/mol. The molecule has 0 aliphatic carbocycles. The van der Waals surface area contributed by atoms with Crippen LogP contribution < -0.4 is 0 Å². The Kier molecular flexibility index (Phi) is 5.68. The molecule has 0 atom stereocenters. The normalized spacial score (nSPS) is 12.4. The third kappa shape index (κ3) is 4.27. The highest BCUT2D eigenvalue weighted by Crippen LogP contribution is 2.32. The van der Waals surface area contributed by atoms with Gasteiger partial charge in [-0.1, -0.05) is 53.3 Å². The van der Waals surface area contributed by atoms with Crippen molar-refractivity contribution in [1.82, 2.24) is 9.55 Å². The molecule has 0 aliphatic rings. The molecule has 0 saturated carbocycles. The summed E-state index contributed by atoms with van der Waals surface area (Å²) in [6.45, 7) is 14.1. The maximum absolute atomic E-state index is 10.8. The van der Waals surface area contributed by atoms with Crippen molar-refractivity contribution in [1.29, 1.82) is 0 Å². The van der Waals surface area contributed by atoms with Gasteiger partial charge in [0.15, 0.2) is 5.16 Å². The molecule has 0 saturated heterocycles. The van der Waals surface area contributed by atoms with E-state index in [1.54, 1.807) is 0 Å². The fraction of sp³-hybridized carbons (Fsp3) is 0.733. The van der Waals surface area contributed by atoms with Crippen molar-refractivity contribution in [2.45, 2.75) is 59.2 Å². The van der Waals surface area contributed by atoms with Crippen LogP contribution in [-0.2, 0) is 11.3 Å². The van der Waals surface area contributed by atoms with Crippen molar-refractivity contribution in [3.8, 4) is 0 Å². The van der Waals surface area contributed by atoms with Gasteiger partial charge in [0.1, 0.15) is 0 Å². The zero-order valence-electron chi connectivity index (χ0n) is 13.3. The van der Waals surface area contributed by atoms with Gasteiger partial charge in [-0.05, 0) is 17.3 Å². The molecule has 0 aromatic carbocycles. The summed E-state index contributed by atoms with van der Waals surface area (Å²) in [5, 5.41) is 9.65. The minimum Gasteiger partial charge on any atom is -0.481 e. The molecule has 0 aliphatic heterocycles. The second-order valence-corrected chi connectivity index (χ2v) is 7.47. The predicted octanol–water partition coefficient (Wildman–Crippen LogP) is 3.87. The van der Waals surface area contributed by atoms with Gasteiger partial charge in [-0.25, -0.2) is 4.98 Å². The smallest absolute Gasteiger partial charge is 0.313 e. The lowest BCUT2D eigenvalue weighted by Gasteiger charge is -2.31. The Morgan fingerprint density at radius 1 is 1.40 bits per heavy atom. The number of hydrogen-bond donors (Lipinski definition) is 1. The minimum absolute atomic E-state index is 0.0522. The van der Waals surface area contributed by atoms with Crippen molar-refractivity contribution in [3.05, 3.63) is 11.9 Å². The van der Waals surface area contributed by atoms with Crippen LogP contribution in [0, 0.1) is 11.3 Å². The molecule has 1 heterocycles. The van der Waals surface area contributed by atoms with Crippen LogP contribution in [-0.4, -0.2) is 26.4 Å². The van der Waals surface area contributed by atoms with Gasteiger partial charge in [0.25, 0.3) is 0 Å². The number of hydrogen-bond acceptors (Lipinski definition) is 3. The van der Waals surface area contributed by atoms with E-state index in [4.69, 9.17) is 5.11 Å². The fourth-order valence-corrected chi connectivity index (χ4v) is 2.53. The summed E-state index contributed by atoms with van der Waals surface area (Å²) in [5.41, 5.74) is 1.31. The van der Waals surface area contributed by atoms with E-state index >= 15 is 0 Å². The first-order valence-corrected chi connectivity index (χ1v) is 8.03. The highest BCUT2D eigenvalue weighted by Gasteiger charge is 2.26. The van der Waals surface area contributed by atoms with E-state index in [0.29, 0.717) is 11.8 Å². The van der Waals surface area contributed by atoms with Crippen molar-refractivity contribution >= 4 is 17.7 Å². The van der Waals surface area contributed by atoms with Crippen LogP contribution in [0.2, 0.25) is 0 Å². The SMILES string of the molecule is CC(C)c1cnc(SCC(=O)O)n1CC(C)(C)C(C)C. The molecule has 1 rings (SSSR count). The lowest BCUT2D eigenvalue weighted by Crippen LogP contribution is -2.27. The number of carboxylic acid groups (broad SMARTS) is 1. The molecule has 0 radical (unpaired) electrons. The summed E-state index contributed by atoms with van der Waals surface area (Å²) >= 11 is 1.30. The number of thioether (sulfide) groups is 1. The van der Waals surface area contributed by atoms with Gasteiger partial charge in [-0.15, -0.1) is 0 Å². The first-order valence-electron chi connectivity index (χ1n) is 7.05. The average Bonchev–Trinajstić information content (AvgIpc) is 2.68. The number of rotatable bonds is 7. The largest absolute Gasteiger partial charge is 0.481 e. The van der Waals surface area contributed by atoms with Gasteiger partial charge in [-0.2, -0.15) is 0 Å². The first-order chi connectivity index (χ1) is 9.15. The van der Waals surface area contributed by atoms with E-state index < -0.39 is 5.97 Å². The molecule has 20 heavy (non-hydrogen) atoms. The molecule has 0 spiro atoms. The molecule has 114 valence electrons. The zero-order chi connectivity index (χ0) is 15.5. The van der Waals surface area contributed by atoms with E-state index in [1.807, 2.05) is 6.20 Å². The first kappa shape index (κ1) is 17.1. The van der Waals surface area contributed by atoms with Gasteiger partial charge in [0.05, 0.1) is 5.75 Å². The Labute approximate surface area is 126 Å². The van der Waals surface area contributed by atoms with E-state index in [0.717, 1.165) is 11.7 Å². The molecule has 1 aromatic rings. The molecule has 5 heteroatoms. The summed E-state index contributed by atoms with van der Waals surface area (Å²) in [4.78, 5) is 15.2. The highest BCUT2D eigenvalue weighted by atomic mass is 32.2. The van der Waals surface area contributed by atoms with Crippen LogP contribution in [0.3, 0.4) is 0 Å². The Morgan fingerprint density at radius 2 is 2.00 bits per heavy atom. The summed E-state index contributed by atoms with van der Waals surface area (Å²) < 4.78 is 2.19. The third-order valence-corrected chi connectivity index (χ3v) is 4.87. The Morgan fingerprint density at radius 3 is 2.45 bits per heavy atom. The van der Waals surface area contributed by atoms with Crippen molar-refractivity contribution < 1.29 is 9.90 Å². The monoisotopic (exact) mass is 298 g/mol. The van der Waals surface area contributed by atoms with Crippen LogP contribution in [0.5, 0.6) is 0 Å². The Bertz CT molecular complexity index is 464. The van der Waals surface area contributed by atoms with Gasteiger partial charge < -0.3 is 9.67 Å². The number of imidazole rings is 1. The van der Waals surface area contributed by atoms with Crippen LogP contribution in [0.1, 0.15) is 53.2 Å². The fourth-order valence-electron chi connectivity index (χ4n) is 1.82. The van der Waals surface area contributed by atoms with Crippen LogP contribution >= 0.6 is 11.8 Å². The maximum Gasteiger partial charge on any atom is 0.313 e. The number of aliphatic carboxylic acids is 1. The molecular formula is C15H26N2O2S. The van der Waals surface area contributed by atoms with E-state index in [-0.39, 0.29) is 11.2 Å². The Hall–Kier alpha value is -0.970. The van der Waals surface area contributed by atoms with Crippen molar-refractivity contribution in [2.24, 2.45) is 11.3 Å². The zero-order valence-corrected chi connectivity index (χ0v) is 14.1.